The highest BCUT2D eigenvalue weighted by molar-refractivity contribution is 8.18. The van der Waals surface area contributed by atoms with Gasteiger partial charge in [0.05, 0.1) is 18.6 Å². The lowest BCUT2D eigenvalue weighted by atomic mass is 10.1. The summed E-state index contributed by atoms with van der Waals surface area (Å²) >= 11 is 6.97. The largest absolute Gasteiger partial charge is 0.497 e. The number of nitrogens with zero attached hydrogens (tertiary/aromatic N) is 1. The number of halogens is 1. The first kappa shape index (κ1) is 21.0. The van der Waals surface area contributed by atoms with Gasteiger partial charge in [-0.2, -0.15) is 0 Å². The van der Waals surface area contributed by atoms with Crippen LogP contribution in [-0.4, -0.2) is 23.2 Å². The van der Waals surface area contributed by atoms with Crippen molar-refractivity contribution in [2.24, 2.45) is 0 Å². The van der Waals surface area contributed by atoms with E-state index in [9.17, 15) is 9.59 Å². The second kappa shape index (κ2) is 9.29. The molecule has 156 valence electrons. The van der Waals surface area contributed by atoms with E-state index in [0.29, 0.717) is 15.7 Å². The molecular weight excluding hydrogens is 432 g/mol. The van der Waals surface area contributed by atoms with Gasteiger partial charge in [0.1, 0.15) is 5.75 Å². The number of amides is 2. The summed E-state index contributed by atoms with van der Waals surface area (Å²) in [5.74, 6) is 0.394. The van der Waals surface area contributed by atoms with Gasteiger partial charge in [-0.05, 0) is 71.4 Å². The molecule has 0 spiro atoms. The molecule has 0 aromatic heterocycles. The van der Waals surface area contributed by atoms with E-state index in [1.165, 1.54) is 4.90 Å². The van der Waals surface area contributed by atoms with Crippen LogP contribution in [-0.2, 0) is 11.3 Å². The van der Waals surface area contributed by atoms with E-state index in [4.69, 9.17) is 16.3 Å². The Bertz CT molecular complexity index is 1160. The smallest absolute Gasteiger partial charge is 0.293 e. The maximum Gasteiger partial charge on any atom is 0.293 e. The van der Waals surface area contributed by atoms with Crippen LogP contribution in [0.2, 0.25) is 5.02 Å². The van der Waals surface area contributed by atoms with Crippen LogP contribution in [0.3, 0.4) is 0 Å². The second-order valence-electron chi connectivity index (χ2n) is 6.88. The molecule has 0 unspecified atom stereocenters. The molecule has 0 bridgehead atoms. The number of thioether (sulfide) groups is 1. The van der Waals surface area contributed by atoms with Gasteiger partial charge in [0.2, 0.25) is 0 Å². The van der Waals surface area contributed by atoms with Gasteiger partial charge in [0, 0.05) is 16.4 Å². The number of carbonyl (C=O) groups excluding carboxylic acids is 2. The maximum absolute atomic E-state index is 12.8. The van der Waals surface area contributed by atoms with Gasteiger partial charge in [0.15, 0.2) is 0 Å². The molecule has 0 aliphatic carbocycles. The molecule has 0 atom stereocenters. The molecular formula is C24H19ClN2O3S. The molecule has 4 rings (SSSR count). The van der Waals surface area contributed by atoms with Crippen LogP contribution < -0.4 is 10.1 Å². The maximum atomic E-state index is 12.8. The lowest BCUT2D eigenvalue weighted by Gasteiger charge is -2.13. The fourth-order valence-corrected chi connectivity index (χ4v) is 4.17. The van der Waals surface area contributed by atoms with Gasteiger partial charge < -0.3 is 10.1 Å². The minimum absolute atomic E-state index is 0.210. The average molecular weight is 451 g/mol. The molecule has 1 fully saturated rings. The van der Waals surface area contributed by atoms with Crippen molar-refractivity contribution in [2.75, 3.05) is 12.4 Å². The van der Waals surface area contributed by atoms with Crippen molar-refractivity contribution in [1.82, 2.24) is 4.90 Å². The Balaban J connectivity index is 1.46. The topological polar surface area (TPSA) is 58.6 Å². The SMILES string of the molecule is COc1cccc(CN2C(=O)S/C(=C\c3ccc(Nc4cccc(Cl)c4)cc3)C2=O)c1. The molecule has 1 heterocycles. The first-order valence-electron chi connectivity index (χ1n) is 9.53. The van der Waals surface area contributed by atoms with E-state index < -0.39 is 0 Å². The molecule has 3 aromatic rings. The molecule has 1 N–H and O–H groups in total. The molecule has 31 heavy (non-hydrogen) atoms. The summed E-state index contributed by atoms with van der Waals surface area (Å²) in [6.07, 6.45) is 1.74. The summed E-state index contributed by atoms with van der Waals surface area (Å²) < 4.78 is 5.21. The monoisotopic (exact) mass is 450 g/mol. The first-order chi connectivity index (χ1) is 15.0. The number of imide groups is 1. The van der Waals surface area contributed by atoms with Crippen LogP contribution >= 0.6 is 23.4 Å². The molecule has 1 aliphatic rings. The van der Waals surface area contributed by atoms with Crippen molar-refractivity contribution in [3.8, 4) is 5.75 Å². The van der Waals surface area contributed by atoms with Gasteiger partial charge in [-0.3, -0.25) is 14.5 Å². The van der Waals surface area contributed by atoms with E-state index >= 15 is 0 Å². The van der Waals surface area contributed by atoms with E-state index in [1.807, 2.05) is 72.8 Å². The number of anilines is 2. The zero-order valence-electron chi connectivity index (χ0n) is 16.7. The highest BCUT2D eigenvalue weighted by Gasteiger charge is 2.35. The summed E-state index contributed by atoms with van der Waals surface area (Å²) in [6.45, 7) is 0.210. The van der Waals surface area contributed by atoms with Crippen LogP contribution in [0.15, 0.2) is 77.7 Å². The highest BCUT2D eigenvalue weighted by atomic mass is 35.5. The Morgan fingerprint density at radius 3 is 2.52 bits per heavy atom. The number of nitrogens with one attached hydrogen (secondary N) is 1. The van der Waals surface area contributed by atoms with Crippen LogP contribution in [0.1, 0.15) is 11.1 Å². The third kappa shape index (κ3) is 5.10. The third-order valence-corrected chi connectivity index (χ3v) is 5.81. The Kier molecular flexibility index (Phi) is 6.30. The minimum atomic E-state index is -0.293. The summed E-state index contributed by atoms with van der Waals surface area (Å²) in [7, 11) is 1.58. The van der Waals surface area contributed by atoms with E-state index in [-0.39, 0.29) is 17.7 Å². The molecule has 1 aliphatic heterocycles. The van der Waals surface area contributed by atoms with Gasteiger partial charge in [-0.15, -0.1) is 0 Å². The molecule has 3 aromatic carbocycles. The van der Waals surface area contributed by atoms with Crippen molar-refractivity contribution in [3.05, 3.63) is 93.9 Å². The number of rotatable bonds is 6. The Morgan fingerprint density at radius 2 is 1.77 bits per heavy atom. The van der Waals surface area contributed by atoms with Crippen LogP contribution in [0, 0.1) is 0 Å². The van der Waals surface area contributed by atoms with Crippen molar-refractivity contribution < 1.29 is 14.3 Å². The van der Waals surface area contributed by atoms with Crippen LogP contribution in [0.4, 0.5) is 16.2 Å². The predicted octanol–water partition coefficient (Wildman–Crippen LogP) is 6.33. The van der Waals surface area contributed by atoms with Crippen molar-refractivity contribution in [1.29, 1.82) is 0 Å². The Hall–Kier alpha value is -3.22. The van der Waals surface area contributed by atoms with Gasteiger partial charge >= 0.3 is 0 Å². The summed E-state index contributed by atoms with van der Waals surface area (Å²) in [5, 5.41) is 3.65. The van der Waals surface area contributed by atoms with Crippen molar-refractivity contribution in [3.63, 3.8) is 0 Å². The Morgan fingerprint density at radius 1 is 1.00 bits per heavy atom. The first-order valence-corrected chi connectivity index (χ1v) is 10.7. The lowest BCUT2D eigenvalue weighted by molar-refractivity contribution is -0.123. The number of carbonyl (C=O) groups is 2. The summed E-state index contributed by atoms with van der Waals surface area (Å²) in [6, 6.07) is 22.4. The Labute approximate surface area is 189 Å². The fourth-order valence-electron chi connectivity index (χ4n) is 3.14. The van der Waals surface area contributed by atoms with Gasteiger partial charge in [-0.25, -0.2) is 0 Å². The third-order valence-electron chi connectivity index (χ3n) is 4.67. The average Bonchev–Trinajstić information content (AvgIpc) is 3.02. The van der Waals surface area contributed by atoms with Gasteiger partial charge in [-0.1, -0.05) is 41.9 Å². The molecule has 5 nitrogen and oxygen atoms in total. The molecule has 1 saturated heterocycles. The van der Waals surface area contributed by atoms with E-state index in [2.05, 4.69) is 5.32 Å². The number of methoxy groups -OCH3 is 1. The van der Waals surface area contributed by atoms with Crippen LogP contribution in [0.25, 0.3) is 6.08 Å². The molecule has 2 amide bonds. The normalized spacial score (nSPS) is 14.9. The minimum Gasteiger partial charge on any atom is -0.497 e. The summed E-state index contributed by atoms with van der Waals surface area (Å²) in [5.41, 5.74) is 3.45. The van der Waals surface area contributed by atoms with Crippen molar-refractivity contribution in [2.45, 2.75) is 6.54 Å². The molecule has 0 saturated carbocycles. The van der Waals surface area contributed by atoms with Gasteiger partial charge in [0.25, 0.3) is 11.1 Å². The van der Waals surface area contributed by atoms with E-state index in [0.717, 1.165) is 34.3 Å². The lowest BCUT2D eigenvalue weighted by Crippen LogP contribution is -2.27. The van der Waals surface area contributed by atoms with Crippen LogP contribution in [0.5, 0.6) is 5.75 Å². The fraction of sp³-hybridized carbons (Fsp3) is 0.0833. The highest BCUT2D eigenvalue weighted by Crippen LogP contribution is 2.34. The second-order valence-corrected chi connectivity index (χ2v) is 8.31. The summed E-state index contributed by atoms with van der Waals surface area (Å²) in [4.78, 5) is 26.8. The predicted molar refractivity (Wildman–Crippen MR) is 126 cm³/mol. The number of hydrogen-bond acceptors (Lipinski definition) is 5. The standard InChI is InChI=1S/C24H19ClN2O3S/c1-30-21-7-2-4-17(12-21)15-27-23(28)22(31-24(27)29)13-16-8-10-19(11-9-16)26-20-6-3-5-18(25)14-20/h2-14,26H,15H2,1H3/b22-13-. The van der Waals surface area contributed by atoms with Crippen molar-refractivity contribution >= 4 is 52.0 Å². The quantitative estimate of drug-likeness (QED) is 0.445. The molecule has 0 radical (unpaired) electrons. The number of hydrogen-bond donors (Lipinski definition) is 1. The zero-order valence-corrected chi connectivity index (χ0v) is 18.2. The zero-order chi connectivity index (χ0) is 21.8. The van der Waals surface area contributed by atoms with E-state index in [1.54, 1.807) is 13.2 Å². The molecule has 7 heteroatoms. The number of benzene rings is 3. The number of ether oxygens (including phenoxy) is 1.